The lowest BCUT2D eigenvalue weighted by Gasteiger charge is -2.12. The van der Waals surface area contributed by atoms with Crippen LogP contribution in [0.25, 0.3) is 0 Å². The van der Waals surface area contributed by atoms with Gasteiger partial charge >= 0.3 is 0 Å². The average Bonchev–Trinajstić information content (AvgIpc) is 2.95. The van der Waals surface area contributed by atoms with Gasteiger partial charge in [0.15, 0.2) is 5.17 Å². The first-order chi connectivity index (χ1) is 8.95. The number of amides is 1. The maximum absolute atomic E-state index is 12.1. The van der Waals surface area contributed by atoms with Crippen molar-refractivity contribution >= 4 is 44.2 Å². The predicted molar refractivity (Wildman–Crippen MR) is 77.9 cm³/mol. The van der Waals surface area contributed by atoms with Crippen molar-refractivity contribution in [3.63, 3.8) is 0 Å². The Morgan fingerprint density at radius 3 is 2.89 bits per heavy atom. The Hall–Kier alpha value is -1.12. The van der Waals surface area contributed by atoms with E-state index in [2.05, 4.69) is 11.0 Å². The van der Waals surface area contributed by atoms with E-state index in [1.54, 1.807) is 24.4 Å². The van der Waals surface area contributed by atoms with E-state index in [1.165, 1.54) is 11.0 Å². The molecule has 1 atom stereocenters. The lowest BCUT2D eigenvalue weighted by Crippen LogP contribution is -2.31. The van der Waals surface area contributed by atoms with E-state index in [0.29, 0.717) is 0 Å². The fourth-order valence-electron chi connectivity index (χ4n) is 1.51. The maximum atomic E-state index is 12.1. The Morgan fingerprint density at radius 1 is 1.58 bits per heavy atom. The topological polar surface area (TPSA) is 66.8 Å². The van der Waals surface area contributed by atoms with Crippen LogP contribution in [0.15, 0.2) is 38.8 Å². The van der Waals surface area contributed by atoms with E-state index in [-0.39, 0.29) is 27.1 Å². The molecule has 2 heterocycles. The summed E-state index contributed by atoms with van der Waals surface area (Å²) in [5.41, 5.74) is 0. The van der Waals surface area contributed by atoms with Crippen LogP contribution in [0.4, 0.5) is 0 Å². The van der Waals surface area contributed by atoms with Crippen LogP contribution in [-0.4, -0.2) is 36.2 Å². The van der Waals surface area contributed by atoms with Gasteiger partial charge in [0.1, 0.15) is 4.21 Å². The summed E-state index contributed by atoms with van der Waals surface area (Å²) in [6.45, 7) is 5.54. The van der Waals surface area contributed by atoms with Crippen LogP contribution in [0.1, 0.15) is 6.92 Å². The van der Waals surface area contributed by atoms with E-state index in [1.807, 2.05) is 0 Å². The van der Waals surface area contributed by atoms with E-state index < -0.39 is 10.0 Å². The highest BCUT2D eigenvalue weighted by Gasteiger charge is 2.35. The van der Waals surface area contributed by atoms with Gasteiger partial charge in [0.05, 0.1) is 5.25 Å². The molecule has 1 amide bonds. The summed E-state index contributed by atoms with van der Waals surface area (Å²) >= 11 is 2.25. The second-order valence-electron chi connectivity index (χ2n) is 3.78. The molecular weight excluding hydrogens is 304 g/mol. The first-order valence-corrected chi connectivity index (χ1v) is 8.63. The summed E-state index contributed by atoms with van der Waals surface area (Å²) in [5.74, 6) is -0.148. The molecule has 1 saturated heterocycles. The normalized spacial score (nSPS) is 22.2. The highest BCUT2D eigenvalue weighted by molar-refractivity contribution is 8.16. The molecular formula is C11H12N2O3S3. The van der Waals surface area contributed by atoms with Crippen molar-refractivity contribution in [3.05, 3.63) is 30.2 Å². The maximum Gasteiger partial charge on any atom is 0.294 e. The summed E-state index contributed by atoms with van der Waals surface area (Å²) in [7, 11) is -3.74. The molecule has 1 fully saturated rings. The van der Waals surface area contributed by atoms with Crippen molar-refractivity contribution in [2.45, 2.75) is 16.4 Å². The molecule has 1 aliphatic heterocycles. The number of nitrogens with zero attached hydrogens (tertiary/aromatic N) is 2. The Kier molecular flexibility index (Phi) is 4.12. The van der Waals surface area contributed by atoms with Crippen LogP contribution < -0.4 is 0 Å². The fraction of sp³-hybridized carbons (Fsp3) is 0.273. The number of thioether (sulfide) groups is 1. The molecule has 1 aromatic heterocycles. The smallest absolute Gasteiger partial charge is 0.286 e. The third-order valence-electron chi connectivity index (χ3n) is 2.39. The third-order valence-corrected chi connectivity index (χ3v) is 6.22. The van der Waals surface area contributed by atoms with Gasteiger partial charge in [-0.15, -0.1) is 22.3 Å². The number of hydrogen-bond donors (Lipinski definition) is 0. The Labute approximate surface area is 120 Å². The van der Waals surface area contributed by atoms with Crippen LogP contribution in [0.3, 0.4) is 0 Å². The van der Waals surface area contributed by atoms with Gasteiger partial charge < -0.3 is 0 Å². The zero-order valence-corrected chi connectivity index (χ0v) is 12.6. The van der Waals surface area contributed by atoms with Crippen LogP contribution >= 0.6 is 23.1 Å². The fourth-order valence-corrected chi connectivity index (χ4v) is 4.67. The summed E-state index contributed by atoms with van der Waals surface area (Å²) in [6, 6.07) is 3.14. The Bertz CT molecular complexity index is 620. The lowest BCUT2D eigenvalue weighted by atomic mass is 10.4. The monoisotopic (exact) mass is 316 g/mol. The van der Waals surface area contributed by atoms with Gasteiger partial charge in [-0.1, -0.05) is 23.9 Å². The zero-order valence-electron chi connectivity index (χ0n) is 10.1. The molecule has 0 bridgehead atoms. The standard InChI is InChI=1S/C11H12N2O3S3/c1-3-6-13-10(14)8(2)18-11(13)12-19(15,16)9-5-4-7-17-9/h3-5,7-8H,1,6H2,2H3/t8-/m1/s1. The van der Waals surface area contributed by atoms with Crippen molar-refractivity contribution < 1.29 is 13.2 Å². The number of amidine groups is 1. The summed E-state index contributed by atoms with van der Waals surface area (Å²) in [6.07, 6.45) is 1.55. The zero-order chi connectivity index (χ0) is 14.0. The van der Waals surface area contributed by atoms with Crippen LogP contribution in [0.5, 0.6) is 0 Å². The molecule has 0 spiro atoms. The summed E-state index contributed by atoms with van der Waals surface area (Å²) < 4.78 is 28.1. The van der Waals surface area contributed by atoms with Crippen LogP contribution in [-0.2, 0) is 14.8 Å². The number of sulfonamides is 1. The van der Waals surface area contributed by atoms with E-state index in [4.69, 9.17) is 0 Å². The molecule has 1 aromatic rings. The Balaban J connectivity index is 2.37. The van der Waals surface area contributed by atoms with Gasteiger partial charge in [-0.25, -0.2) is 0 Å². The number of rotatable bonds is 4. The van der Waals surface area contributed by atoms with Crippen molar-refractivity contribution in [1.82, 2.24) is 4.90 Å². The molecule has 0 aliphatic carbocycles. The van der Waals surface area contributed by atoms with Gasteiger partial charge in [-0.2, -0.15) is 8.42 Å². The van der Waals surface area contributed by atoms with Crippen LogP contribution in [0, 0.1) is 0 Å². The molecule has 1 aliphatic rings. The molecule has 19 heavy (non-hydrogen) atoms. The van der Waals surface area contributed by atoms with Gasteiger partial charge in [0.25, 0.3) is 10.0 Å². The van der Waals surface area contributed by atoms with Gasteiger partial charge in [-0.3, -0.25) is 9.69 Å². The molecule has 0 unspecified atom stereocenters. The van der Waals surface area contributed by atoms with Gasteiger partial charge in [0, 0.05) is 6.54 Å². The molecule has 0 radical (unpaired) electrons. The lowest BCUT2D eigenvalue weighted by molar-refractivity contribution is -0.125. The van der Waals surface area contributed by atoms with E-state index >= 15 is 0 Å². The minimum Gasteiger partial charge on any atom is -0.286 e. The Morgan fingerprint density at radius 2 is 2.32 bits per heavy atom. The second kappa shape index (κ2) is 5.48. The molecule has 8 heteroatoms. The van der Waals surface area contributed by atoms with Crippen molar-refractivity contribution in [3.8, 4) is 0 Å². The number of hydrogen-bond acceptors (Lipinski definition) is 5. The first-order valence-electron chi connectivity index (χ1n) is 5.43. The number of thiophene rings is 1. The highest BCUT2D eigenvalue weighted by atomic mass is 32.2. The molecule has 0 N–H and O–H groups in total. The number of carbonyl (C=O) groups is 1. The van der Waals surface area contributed by atoms with Gasteiger partial charge in [0.2, 0.25) is 5.91 Å². The second-order valence-corrected chi connectivity index (χ2v) is 7.87. The van der Waals surface area contributed by atoms with Crippen molar-refractivity contribution in [2.75, 3.05) is 6.54 Å². The average molecular weight is 316 g/mol. The molecule has 5 nitrogen and oxygen atoms in total. The minimum absolute atomic E-state index is 0.148. The largest absolute Gasteiger partial charge is 0.294 e. The molecule has 2 rings (SSSR count). The quantitative estimate of drug-likeness (QED) is 0.796. The summed E-state index contributed by atoms with van der Waals surface area (Å²) in [4.78, 5) is 13.2. The summed E-state index contributed by atoms with van der Waals surface area (Å²) in [5, 5.41) is 1.56. The first kappa shape index (κ1) is 14.3. The predicted octanol–water partition coefficient (Wildman–Crippen LogP) is 1.94. The van der Waals surface area contributed by atoms with Crippen molar-refractivity contribution in [1.29, 1.82) is 0 Å². The molecule has 0 saturated carbocycles. The molecule has 102 valence electrons. The molecule has 0 aromatic carbocycles. The third kappa shape index (κ3) is 2.90. The van der Waals surface area contributed by atoms with E-state index in [0.717, 1.165) is 23.1 Å². The highest BCUT2D eigenvalue weighted by Crippen LogP contribution is 2.29. The van der Waals surface area contributed by atoms with Gasteiger partial charge in [-0.05, 0) is 18.4 Å². The number of carbonyl (C=O) groups excluding carboxylic acids is 1. The van der Waals surface area contributed by atoms with Crippen molar-refractivity contribution in [2.24, 2.45) is 4.40 Å². The SMILES string of the molecule is C=CCN1C(=O)[C@@H](C)SC1=NS(=O)(=O)c1cccs1. The van der Waals surface area contributed by atoms with Crippen LogP contribution in [0.2, 0.25) is 0 Å². The van der Waals surface area contributed by atoms with E-state index in [9.17, 15) is 13.2 Å². The minimum atomic E-state index is -3.74.